The van der Waals surface area contributed by atoms with Gasteiger partial charge in [0.1, 0.15) is 0 Å². The summed E-state index contributed by atoms with van der Waals surface area (Å²) >= 11 is 0. The molecule has 162 valence electrons. The van der Waals surface area contributed by atoms with E-state index in [1.165, 1.54) is 62.7 Å². The van der Waals surface area contributed by atoms with Crippen LogP contribution < -0.4 is 0 Å². The summed E-state index contributed by atoms with van der Waals surface area (Å²) in [6, 6.07) is 0. The molecule has 0 bridgehead atoms. The van der Waals surface area contributed by atoms with E-state index in [9.17, 15) is 0 Å². The van der Waals surface area contributed by atoms with Gasteiger partial charge in [-0.1, -0.05) is 69.2 Å². The van der Waals surface area contributed by atoms with E-state index in [1.807, 2.05) is 0 Å². The molecule has 0 aromatic rings. The zero-order valence-corrected chi connectivity index (χ0v) is 22.1. The Balaban J connectivity index is 0.000000451. The van der Waals surface area contributed by atoms with Gasteiger partial charge < -0.3 is 14.9 Å². The van der Waals surface area contributed by atoms with Gasteiger partial charge >= 0.3 is 17.1 Å². The second-order valence-corrected chi connectivity index (χ2v) is 16.1. The molecule has 0 aromatic heterocycles. The van der Waals surface area contributed by atoms with Crippen LogP contribution in [0.5, 0.6) is 0 Å². The molecule has 2 saturated carbocycles. The fraction of sp³-hybridized carbons (Fsp3) is 0.917. The Kier molecular flexibility index (Phi) is 14.3. The Morgan fingerprint density at radius 1 is 0.444 bits per heavy atom. The molecule has 3 heteroatoms. The largest absolute Gasteiger partial charge is 2.00 e. The molecule has 4 fully saturated rings. The molecule has 0 aromatic carbocycles. The Labute approximate surface area is 186 Å². The first-order valence-electron chi connectivity index (χ1n) is 11.1. The standard InChI is InChI=1S/2C11H21P.2CH3.Fe/c2*1-9-7-8-10(2)12(9)11-5-3-4-6-11;;;/h2*9-11H,3-8H2,1-2H3;2*1H3;/q;;2*-1;+2/t2*9-,10-;;;/m11.../s1. The topological polar surface area (TPSA) is 0 Å². The fourth-order valence-electron chi connectivity index (χ4n) is 6.27. The predicted octanol–water partition coefficient (Wildman–Crippen LogP) is 8.86. The number of hydrogen-bond acceptors (Lipinski definition) is 0. The van der Waals surface area contributed by atoms with Crippen LogP contribution in [0.4, 0.5) is 0 Å². The second kappa shape index (κ2) is 13.6. The van der Waals surface area contributed by atoms with Crippen LogP contribution in [-0.4, -0.2) is 34.0 Å². The average molecular weight is 454 g/mol. The first kappa shape index (κ1) is 28.4. The van der Waals surface area contributed by atoms with Crippen molar-refractivity contribution in [1.82, 2.24) is 0 Å². The molecule has 2 aliphatic carbocycles. The number of hydrogen-bond donors (Lipinski definition) is 0. The van der Waals surface area contributed by atoms with Gasteiger partial charge in [-0.2, -0.15) is 0 Å². The smallest absolute Gasteiger partial charge is 0.358 e. The second-order valence-electron chi connectivity index (χ2n) is 9.32. The monoisotopic (exact) mass is 454 g/mol. The predicted molar refractivity (Wildman–Crippen MR) is 127 cm³/mol. The molecule has 4 atom stereocenters. The summed E-state index contributed by atoms with van der Waals surface area (Å²) in [7, 11) is 0.863. The van der Waals surface area contributed by atoms with Gasteiger partial charge in [-0.25, -0.2) is 0 Å². The third-order valence-electron chi connectivity index (χ3n) is 7.53. The summed E-state index contributed by atoms with van der Waals surface area (Å²) in [5.74, 6) is 0. The third-order valence-corrected chi connectivity index (χ3v) is 15.4. The van der Waals surface area contributed by atoms with Gasteiger partial charge in [0.15, 0.2) is 0 Å². The Morgan fingerprint density at radius 2 is 0.667 bits per heavy atom. The Morgan fingerprint density at radius 3 is 0.889 bits per heavy atom. The van der Waals surface area contributed by atoms with Crippen LogP contribution in [-0.2, 0) is 17.1 Å². The summed E-state index contributed by atoms with van der Waals surface area (Å²) in [6.45, 7) is 10.0. The maximum Gasteiger partial charge on any atom is 2.00 e. The molecular formula is C24H48FeP2. The van der Waals surface area contributed by atoms with E-state index >= 15 is 0 Å². The molecule has 27 heavy (non-hydrogen) atoms. The summed E-state index contributed by atoms with van der Waals surface area (Å²) in [4.78, 5) is 0. The van der Waals surface area contributed by atoms with Gasteiger partial charge in [-0.05, 0) is 85.3 Å². The molecule has 2 heterocycles. The van der Waals surface area contributed by atoms with Gasteiger partial charge in [0, 0.05) is 0 Å². The molecule has 0 unspecified atom stereocenters. The van der Waals surface area contributed by atoms with Gasteiger partial charge in [-0.3, -0.25) is 0 Å². The molecule has 0 radical (unpaired) electrons. The van der Waals surface area contributed by atoms with E-state index in [-0.39, 0.29) is 31.9 Å². The van der Waals surface area contributed by atoms with Crippen LogP contribution in [0.3, 0.4) is 0 Å². The van der Waals surface area contributed by atoms with E-state index in [0.717, 1.165) is 22.6 Å². The van der Waals surface area contributed by atoms with Gasteiger partial charge in [-0.15, -0.1) is 0 Å². The van der Waals surface area contributed by atoms with Gasteiger partial charge in [0.25, 0.3) is 0 Å². The minimum absolute atomic E-state index is 0. The van der Waals surface area contributed by atoms with Gasteiger partial charge in [0.05, 0.1) is 0 Å². The van der Waals surface area contributed by atoms with Crippen LogP contribution >= 0.6 is 15.8 Å². The van der Waals surface area contributed by atoms with E-state index < -0.39 is 0 Å². The van der Waals surface area contributed by atoms with Crippen molar-refractivity contribution in [2.45, 2.75) is 139 Å². The maximum absolute atomic E-state index is 2.51. The van der Waals surface area contributed by atoms with Crippen LogP contribution in [0.15, 0.2) is 0 Å². The summed E-state index contributed by atoms with van der Waals surface area (Å²) < 4.78 is 0. The van der Waals surface area contributed by atoms with Crippen molar-refractivity contribution in [2.24, 2.45) is 0 Å². The first-order valence-corrected chi connectivity index (χ1v) is 14.2. The zero-order valence-electron chi connectivity index (χ0n) is 19.2. The quantitative estimate of drug-likeness (QED) is 0.222. The Bertz CT molecular complexity index is 321. The molecule has 0 nitrogen and oxygen atoms in total. The van der Waals surface area contributed by atoms with Crippen molar-refractivity contribution in [3.8, 4) is 0 Å². The minimum Gasteiger partial charge on any atom is -0.358 e. The van der Waals surface area contributed by atoms with Gasteiger partial charge in [0.2, 0.25) is 0 Å². The van der Waals surface area contributed by atoms with Crippen molar-refractivity contribution < 1.29 is 17.1 Å². The van der Waals surface area contributed by atoms with Crippen molar-refractivity contribution >= 4 is 15.8 Å². The first-order chi connectivity index (χ1) is 11.6. The van der Waals surface area contributed by atoms with Crippen molar-refractivity contribution in [1.29, 1.82) is 0 Å². The maximum atomic E-state index is 2.51. The molecule has 2 aliphatic heterocycles. The molecule has 0 N–H and O–H groups in total. The van der Waals surface area contributed by atoms with E-state index in [1.54, 1.807) is 25.7 Å². The van der Waals surface area contributed by atoms with Crippen molar-refractivity contribution in [2.75, 3.05) is 0 Å². The van der Waals surface area contributed by atoms with E-state index in [4.69, 9.17) is 0 Å². The zero-order chi connectivity index (χ0) is 17.1. The molecule has 2 saturated heterocycles. The molecule has 4 rings (SSSR count). The summed E-state index contributed by atoms with van der Waals surface area (Å²) in [6.07, 6.45) is 18.5. The van der Waals surface area contributed by atoms with E-state index in [0.29, 0.717) is 15.8 Å². The fourth-order valence-corrected chi connectivity index (χ4v) is 14.6. The molecular weight excluding hydrogens is 406 g/mol. The summed E-state index contributed by atoms with van der Waals surface area (Å²) in [5.41, 5.74) is 6.73. The SMILES string of the molecule is C[C@@H]1CC[C@@H](C)P1C1CCCC1.C[C@@H]1CC[C@@H](C)P1C1CCCC1.[CH3-].[CH3-].[Fe+2]. The van der Waals surface area contributed by atoms with Crippen LogP contribution in [0.25, 0.3) is 0 Å². The average Bonchev–Trinajstić information content (AvgIpc) is 3.31. The Hall–Kier alpha value is 1.38. The van der Waals surface area contributed by atoms with Crippen molar-refractivity contribution in [3.05, 3.63) is 14.9 Å². The molecule has 0 amide bonds. The summed E-state index contributed by atoms with van der Waals surface area (Å²) in [5, 5.41) is 0. The van der Waals surface area contributed by atoms with Crippen LogP contribution in [0.2, 0.25) is 0 Å². The minimum atomic E-state index is 0. The van der Waals surface area contributed by atoms with E-state index in [2.05, 4.69) is 27.7 Å². The van der Waals surface area contributed by atoms with Crippen LogP contribution in [0.1, 0.15) is 105 Å². The third kappa shape index (κ3) is 7.23. The van der Waals surface area contributed by atoms with Crippen LogP contribution in [0, 0.1) is 14.9 Å². The normalized spacial score (nSPS) is 35.1. The van der Waals surface area contributed by atoms with Crippen molar-refractivity contribution in [3.63, 3.8) is 0 Å². The molecule has 4 aliphatic rings. The molecule has 0 spiro atoms. The number of rotatable bonds is 2.